The first-order valence-corrected chi connectivity index (χ1v) is 6.66. The van der Waals surface area contributed by atoms with Gasteiger partial charge in [-0.25, -0.2) is 4.79 Å². The van der Waals surface area contributed by atoms with E-state index >= 15 is 0 Å². The Labute approximate surface area is 119 Å². The lowest BCUT2D eigenvalue weighted by Crippen LogP contribution is -2.17. The smallest absolute Gasteiger partial charge is 0.338 e. The maximum absolute atomic E-state index is 12.0. The average Bonchev–Trinajstić information content (AvgIpc) is 2.48. The van der Waals surface area contributed by atoms with Gasteiger partial charge in [0.05, 0.1) is 5.56 Å². The fraction of sp³-hybridized carbons (Fsp3) is 0.167. The first kappa shape index (κ1) is 14.1. The molecule has 1 atom stereocenters. The lowest BCUT2D eigenvalue weighted by Gasteiger charge is -2.13. The van der Waals surface area contributed by atoms with E-state index in [-0.39, 0.29) is 12.1 Å². The molecule has 0 spiro atoms. The first-order valence-electron chi connectivity index (χ1n) is 6.66. The van der Waals surface area contributed by atoms with Gasteiger partial charge in [-0.15, -0.1) is 0 Å². The van der Waals surface area contributed by atoms with Crippen LogP contribution in [0.2, 0.25) is 0 Å². The minimum Gasteiger partial charge on any atom is -0.459 e. The zero-order valence-corrected chi connectivity index (χ0v) is 11.6. The van der Waals surface area contributed by atoms with Gasteiger partial charge in [-0.1, -0.05) is 55.1 Å². The molecule has 2 rings (SSSR count). The molecule has 0 aliphatic rings. The van der Waals surface area contributed by atoms with Gasteiger partial charge in [0.1, 0.15) is 6.10 Å². The predicted octanol–water partition coefficient (Wildman–Crippen LogP) is 4.12. The molecule has 2 nitrogen and oxygen atoms in total. The summed E-state index contributed by atoms with van der Waals surface area (Å²) in [5.41, 5.74) is 2.71. The lowest BCUT2D eigenvalue weighted by molar-refractivity contribution is 0.0343. The molecule has 102 valence electrons. The quantitative estimate of drug-likeness (QED) is 0.761. The van der Waals surface area contributed by atoms with Gasteiger partial charge in [0.15, 0.2) is 0 Å². The van der Waals surface area contributed by atoms with Crippen molar-refractivity contribution in [2.45, 2.75) is 19.4 Å². The highest BCUT2D eigenvalue weighted by atomic mass is 16.5. The van der Waals surface area contributed by atoms with Crippen LogP contribution in [0.4, 0.5) is 0 Å². The Morgan fingerprint density at radius 1 is 1.15 bits per heavy atom. The maximum atomic E-state index is 12.0. The van der Waals surface area contributed by atoms with Crippen LogP contribution >= 0.6 is 0 Å². The van der Waals surface area contributed by atoms with Crippen LogP contribution in [0.3, 0.4) is 0 Å². The summed E-state index contributed by atoms with van der Waals surface area (Å²) < 4.78 is 5.45. The zero-order chi connectivity index (χ0) is 14.4. The van der Waals surface area contributed by atoms with Crippen molar-refractivity contribution in [3.63, 3.8) is 0 Å². The van der Waals surface area contributed by atoms with Gasteiger partial charge in [0.25, 0.3) is 0 Å². The van der Waals surface area contributed by atoms with E-state index in [4.69, 9.17) is 4.74 Å². The third kappa shape index (κ3) is 3.82. The van der Waals surface area contributed by atoms with Crippen LogP contribution in [0.15, 0.2) is 61.2 Å². The lowest BCUT2D eigenvalue weighted by atomic mass is 10.1. The monoisotopic (exact) mass is 266 g/mol. The molecule has 2 heteroatoms. The van der Waals surface area contributed by atoms with E-state index in [1.807, 2.05) is 49.4 Å². The zero-order valence-electron chi connectivity index (χ0n) is 11.6. The minimum atomic E-state index is -0.288. The number of benzene rings is 2. The molecule has 0 fully saturated rings. The average molecular weight is 266 g/mol. The maximum Gasteiger partial charge on any atom is 0.338 e. The molecule has 2 aromatic carbocycles. The number of hydrogen-bond donors (Lipinski definition) is 0. The van der Waals surface area contributed by atoms with Crippen molar-refractivity contribution >= 4 is 12.0 Å². The summed E-state index contributed by atoms with van der Waals surface area (Å²) in [5.74, 6) is -0.288. The Balaban J connectivity index is 1.94. The first-order chi connectivity index (χ1) is 9.69. The standard InChI is InChI=1S/C18H18O2/c1-3-15-9-11-17(12-10-15)18(19)20-14(2)13-16-7-5-4-6-8-16/h3-12,14H,1,13H2,2H3. The molecular weight excluding hydrogens is 248 g/mol. The molecule has 0 radical (unpaired) electrons. The largest absolute Gasteiger partial charge is 0.459 e. The van der Waals surface area contributed by atoms with Crippen molar-refractivity contribution in [2.24, 2.45) is 0 Å². The Morgan fingerprint density at radius 2 is 1.80 bits per heavy atom. The molecule has 0 aliphatic carbocycles. The molecule has 0 heterocycles. The number of carbonyl (C=O) groups excluding carboxylic acids is 1. The van der Waals surface area contributed by atoms with Crippen molar-refractivity contribution in [1.29, 1.82) is 0 Å². The molecule has 0 saturated heterocycles. The van der Waals surface area contributed by atoms with Crippen LogP contribution in [-0.4, -0.2) is 12.1 Å². The Morgan fingerprint density at radius 3 is 2.40 bits per heavy atom. The SMILES string of the molecule is C=Cc1ccc(C(=O)OC(C)Cc2ccccc2)cc1. The van der Waals surface area contributed by atoms with Crippen molar-refractivity contribution in [3.05, 3.63) is 77.9 Å². The predicted molar refractivity (Wildman–Crippen MR) is 81.6 cm³/mol. The highest BCUT2D eigenvalue weighted by Gasteiger charge is 2.12. The van der Waals surface area contributed by atoms with Crippen LogP contribution in [0, 0.1) is 0 Å². The van der Waals surface area contributed by atoms with Crippen LogP contribution in [0.25, 0.3) is 6.08 Å². The number of ether oxygens (including phenoxy) is 1. The molecule has 20 heavy (non-hydrogen) atoms. The molecule has 0 bridgehead atoms. The highest BCUT2D eigenvalue weighted by Crippen LogP contribution is 2.11. The normalized spacial score (nSPS) is 11.7. The molecule has 2 aromatic rings. The Kier molecular flexibility index (Phi) is 4.72. The summed E-state index contributed by atoms with van der Waals surface area (Å²) in [5, 5.41) is 0. The van der Waals surface area contributed by atoms with E-state index < -0.39 is 0 Å². The number of carbonyl (C=O) groups is 1. The van der Waals surface area contributed by atoms with Gasteiger partial charge in [-0.05, 0) is 30.2 Å². The summed E-state index contributed by atoms with van der Waals surface area (Å²) >= 11 is 0. The fourth-order valence-corrected chi connectivity index (χ4v) is 1.99. The van der Waals surface area contributed by atoms with E-state index in [9.17, 15) is 4.79 Å². The third-order valence-corrected chi connectivity index (χ3v) is 3.06. The van der Waals surface area contributed by atoms with E-state index in [2.05, 4.69) is 6.58 Å². The summed E-state index contributed by atoms with van der Waals surface area (Å²) in [6.07, 6.45) is 2.31. The third-order valence-electron chi connectivity index (χ3n) is 3.06. The van der Waals surface area contributed by atoms with Crippen LogP contribution < -0.4 is 0 Å². The number of rotatable bonds is 5. The fourth-order valence-electron chi connectivity index (χ4n) is 1.99. The summed E-state index contributed by atoms with van der Waals surface area (Å²) in [6, 6.07) is 17.2. The molecule has 0 N–H and O–H groups in total. The topological polar surface area (TPSA) is 26.3 Å². The molecule has 0 aromatic heterocycles. The second kappa shape index (κ2) is 6.71. The highest BCUT2D eigenvalue weighted by molar-refractivity contribution is 5.89. The molecular formula is C18H18O2. The second-order valence-electron chi connectivity index (χ2n) is 4.73. The van der Waals surface area contributed by atoms with E-state index in [0.29, 0.717) is 5.56 Å². The van der Waals surface area contributed by atoms with Crippen molar-refractivity contribution in [3.8, 4) is 0 Å². The van der Waals surface area contributed by atoms with Gasteiger partial charge in [0.2, 0.25) is 0 Å². The van der Waals surface area contributed by atoms with Gasteiger partial charge >= 0.3 is 5.97 Å². The van der Waals surface area contributed by atoms with Crippen LogP contribution in [0.5, 0.6) is 0 Å². The summed E-state index contributed by atoms with van der Waals surface area (Å²) in [7, 11) is 0. The van der Waals surface area contributed by atoms with E-state index in [1.165, 1.54) is 0 Å². The van der Waals surface area contributed by atoms with Crippen LogP contribution in [0.1, 0.15) is 28.4 Å². The summed E-state index contributed by atoms with van der Waals surface area (Å²) in [4.78, 5) is 12.0. The van der Waals surface area contributed by atoms with Gasteiger partial charge < -0.3 is 4.74 Å². The van der Waals surface area contributed by atoms with Crippen molar-refractivity contribution in [1.82, 2.24) is 0 Å². The number of hydrogen-bond acceptors (Lipinski definition) is 2. The molecule has 1 unspecified atom stereocenters. The molecule has 0 saturated carbocycles. The van der Waals surface area contributed by atoms with E-state index in [0.717, 1.165) is 17.5 Å². The van der Waals surface area contributed by atoms with Crippen LogP contribution in [-0.2, 0) is 11.2 Å². The minimum absolute atomic E-state index is 0.149. The Hall–Kier alpha value is -2.35. The van der Waals surface area contributed by atoms with Gasteiger partial charge in [-0.2, -0.15) is 0 Å². The van der Waals surface area contributed by atoms with Crippen molar-refractivity contribution in [2.75, 3.05) is 0 Å². The number of esters is 1. The van der Waals surface area contributed by atoms with Crippen molar-refractivity contribution < 1.29 is 9.53 Å². The van der Waals surface area contributed by atoms with Gasteiger partial charge in [0, 0.05) is 6.42 Å². The van der Waals surface area contributed by atoms with E-state index in [1.54, 1.807) is 18.2 Å². The second-order valence-corrected chi connectivity index (χ2v) is 4.73. The Bertz CT molecular complexity index is 570. The molecule has 0 amide bonds. The molecule has 0 aliphatic heterocycles. The summed E-state index contributed by atoms with van der Waals surface area (Å²) in [6.45, 7) is 5.59. The van der Waals surface area contributed by atoms with Gasteiger partial charge in [-0.3, -0.25) is 0 Å².